The predicted octanol–water partition coefficient (Wildman–Crippen LogP) is 2.51. The highest BCUT2D eigenvalue weighted by Gasteiger charge is 2.04. The minimum absolute atomic E-state index is 0.729. The summed E-state index contributed by atoms with van der Waals surface area (Å²) in [6, 6.07) is 4.30. The summed E-state index contributed by atoms with van der Waals surface area (Å²) in [5.74, 6) is 0. The second-order valence-electron chi connectivity index (χ2n) is 4.19. The molecule has 0 bridgehead atoms. The number of methoxy groups -OCH3 is 1. The van der Waals surface area contributed by atoms with E-state index in [0.717, 1.165) is 49.0 Å². The number of thiophene rings is 1. The minimum atomic E-state index is 0.729. The molecule has 1 N–H and O–H groups in total. The fourth-order valence-electron chi connectivity index (χ4n) is 1.70. The highest BCUT2D eigenvalue weighted by molar-refractivity contribution is 7.11. The Balaban J connectivity index is 1.65. The van der Waals surface area contributed by atoms with Gasteiger partial charge in [0.1, 0.15) is 10.0 Å². The van der Waals surface area contributed by atoms with Crippen molar-refractivity contribution >= 4 is 22.7 Å². The van der Waals surface area contributed by atoms with Gasteiger partial charge in [0.25, 0.3) is 0 Å². The number of rotatable bonds is 9. The quantitative estimate of drug-likeness (QED) is 0.723. The molecule has 0 aliphatic carbocycles. The van der Waals surface area contributed by atoms with Gasteiger partial charge in [-0.2, -0.15) is 0 Å². The molecule has 0 aliphatic heterocycles. The number of aryl methyl sites for hydroxylation is 2. The smallest absolute Gasteiger partial charge is 0.131 e. The SMILES string of the molecule is COCCNCc1nnc(CCCc2cccs2)s1. The summed E-state index contributed by atoms with van der Waals surface area (Å²) >= 11 is 3.53. The lowest BCUT2D eigenvalue weighted by Crippen LogP contribution is -2.18. The summed E-state index contributed by atoms with van der Waals surface area (Å²) in [5, 5.41) is 16.0. The molecule has 0 aliphatic rings. The summed E-state index contributed by atoms with van der Waals surface area (Å²) in [7, 11) is 1.71. The Labute approximate surface area is 121 Å². The highest BCUT2D eigenvalue weighted by Crippen LogP contribution is 2.15. The van der Waals surface area contributed by atoms with Crippen LogP contribution in [0.25, 0.3) is 0 Å². The van der Waals surface area contributed by atoms with E-state index in [9.17, 15) is 0 Å². The fourth-order valence-corrected chi connectivity index (χ4v) is 3.31. The molecule has 0 atom stereocenters. The first-order chi connectivity index (χ1) is 9.38. The summed E-state index contributed by atoms with van der Waals surface area (Å²) in [6.45, 7) is 2.36. The number of hydrogen-bond donors (Lipinski definition) is 1. The maximum atomic E-state index is 4.98. The van der Waals surface area contributed by atoms with Crippen molar-refractivity contribution in [3.8, 4) is 0 Å². The van der Waals surface area contributed by atoms with Gasteiger partial charge in [-0.1, -0.05) is 6.07 Å². The molecule has 0 amide bonds. The van der Waals surface area contributed by atoms with Crippen molar-refractivity contribution in [2.24, 2.45) is 0 Å². The highest BCUT2D eigenvalue weighted by atomic mass is 32.1. The van der Waals surface area contributed by atoms with Gasteiger partial charge < -0.3 is 10.1 Å². The number of aromatic nitrogens is 2. The zero-order valence-corrected chi connectivity index (χ0v) is 12.7. The third kappa shape index (κ3) is 5.36. The molecule has 2 aromatic rings. The van der Waals surface area contributed by atoms with E-state index in [1.807, 2.05) is 11.3 Å². The Hall–Kier alpha value is -0.820. The van der Waals surface area contributed by atoms with E-state index in [-0.39, 0.29) is 0 Å². The summed E-state index contributed by atoms with van der Waals surface area (Å²) < 4.78 is 4.98. The van der Waals surface area contributed by atoms with E-state index in [0.29, 0.717) is 0 Å². The van der Waals surface area contributed by atoms with Gasteiger partial charge in [0, 0.05) is 31.5 Å². The minimum Gasteiger partial charge on any atom is -0.383 e. The summed E-state index contributed by atoms with van der Waals surface area (Å²) in [5.41, 5.74) is 0. The molecular formula is C13H19N3OS2. The topological polar surface area (TPSA) is 47.0 Å². The van der Waals surface area contributed by atoms with Crippen LogP contribution in [0.1, 0.15) is 21.3 Å². The van der Waals surface area contributed by atoms with Gasteiger partial charge in [-0.3, -0.25) is 0 Å². The Morgan fingerprint density at radius 1 is 1.26 bits per heavy atom. The molecule has 0 saturated carbocycles. The first kappa shape index (κ1) is 14.6. The molecule has 0 aromatic carbocycles. The third-order valence-electron chi connectivity index (χ3n) is 2.66. The van der Waals surface area contributed by atoms with Crippen LogP contribution in [0.15, 0.2) is 17.5 Å². The molecular weight excluding hydrogens is 278 g/mol. The number of hydrogen-bond acceptors (Lipinski definition) is 6. The van der Waals surface area contributed by atoms with E-state index in [1.165, 1.54) is 4.88 Å². The molecule has 0 spiro atoms. The van der Waals surface area contributed by atoms with E-state index in [2.05, 4.69) is 33.0 Å². The molecule has 4 nitrogen and oxygen atoms in total. The maximum absolute atomic E-state index is 4.98. The lowest BCUT2D eigenvalue weighted by Gasteiger charge is -1.99. The zero-order chi connectivity index (χ0) is 13.3. The summed E-state index contributed by atoms with van der Waals surface area (Å²) in [6.07, 6.45) is 3.30. The average Bonchev–Trinajstić information content (AvgIpc) is 3.07. The van der Waals surface area contributed by atoms with Crippen LogP contribution in [-0.4, -0.2) is 30.5 Å². The van der Waals surface area contributed by atoms with Crippen LogP contribution in [0, 0.1) is 0 Å². The molecule has 0 fully saturated rings. The Bertz CT molecular complexity index is 456. The van der Waals surface area contributed by atoms with Crippen LogP contribution in [-0.2, 0) is 24.1 Å². The van der Waals surface area contributed by atoms with Gasteiger partial charge in [0.05, 0.1) is 6.61 Å². The normalized spacial score (nSPS) is 11.0. The van der Waals surface area contributed by atoms with Gasteiger partial charge in [0.2, 0.25) is 0 Å². The van der Waals surface area contributed by atoms with Crippen LogP contribution in [0.2, 0.25) is 0 Å². The van der Waals surface area contributed by atoms with Crippen molar-refractivity contribution in [1.29, 1.82) is 0 Å². The Kier molecular flexibility index (Phi) is 6.43. The molecule has 19 heavy (non-hydrogen) atoms. The number of nitrogens with one attached hydrogen (secondary N) is 1. The number of ether oxygens (including phenoxy) is 1. The molecule has 0 saturated heterocycles. The maximum Gasteiger partial charge on any atom is 0.131 e. The van der Waals surface area contributed by atoms with Crippen LogP contribution in [0.3, 0.4) is 0 Å². The lowest BCUT2D eigenvalue weighted by atomic mass is 10.2. The van der Waals surface area contributed by atoms with E-state index >= 15 is 0 Å². The van der Waals surface area contributed by atoms with Crippen molar-refractivity contribution in [3.05, 3.63) is 32.4 Å². The van der Waals surface area contributed by atoms with Gasteiger partial charge in [-0.15, -0.1) is 32.9 Å². The molecule has 6 heteroatoms. The first-order valence-corrected chi connectivity index (χ1v) is 8.11. The van der Waals surface area contributed by atoms with E-state index in [4.69, 9.17) is 4.74 Å². The van der Waals surface area contributed by atoms with E-state index in [1.54, 1.807) is 18.4 Å². The molecule has 0 radical (unpaired) electrons. The molecule has 0 unspecified atom stereocenters. The van der Waals surface area contributed by atoms with Crippen molar-refractivity contribution in [1.82, 2.24) is 15.5 Å². The second-order valence-corrected chi connectivity index (χ2v) is 6.37. The molecule has 104 valence electrons. The van der Waals surface area contributed by atoms with Crippen LogP contribution < -0.4 is 5.32 Å². The van der Waals surface area contributed by atoms with Crippen molar-refractivity contribution in [3.63, 3.8) is 0 Å². The van der Waals surface area contributed by atoms with Gasteiger partial charge >= 0.3 is 0 Å². The largest absolute Gasteiger partial charge is 0.383 e. The average molecular weight is 297 g/mol. The van der Waals surface area contributed by atoms with Gasteiger partial charge in [-0.05, 0) is 24.3 Å². The standard InChI is InChI=1S/C13H19N3OS2/c1-17-8-7-14-10-13-16-15-12(19-13)6-2-4-11-5-3-9-18-11/h3,5,9,14H,2,4,6-8,10H2,1H3. The Morgan fingerprint density at radius 3 is 2.95 bits per heavy atom. The Morgan fingerprint density at radius 2 is 2.16 bits per heavy atom. The van der Waals surface area contributed by atoms with Crippen LogP contribution in [0.5, 0.6) is 0 Å². The molecule has 2 rings (SSSR count). The van der Waals surface area contributed by atoms with Crippen LogP contribution >= 0.6 is 22.7 Å². The molecule has 2 aromatic heterocycles. The van der Waals surface area contributed by atoms with Crippen LogP contribution in [0.4, 0.5) is 0 Å². The van der Waals surface area contributed by atoms with Crippen molar-refractivity contribution in [2.45, 2.75) is 25.8 Å². The van der Waals surface area contributed by atoms with Gasteiger partial charge in [-0.25, -0.2) is 0 Å². The van der Waals surface area contributed by atoms with Crippen molar-refractivity contribution in [2.75, 3.05) is 20.3 Å². The summed E-state index contributed by atoms with van der Waals surface area (Å²) in [4.78, 5) is 1.45. The molecule has 2 heterocycles. The fraction of sp³-hybridized carbons (Fsp3) is 0.538. The van der Waals surface area contributed by atoms with Crippen molar-refractivity contribution < 1.29 is 4.74 Å². The van der Waals surface area contributed by atoms with Gasteiger partial charge in [0.15, 0.2) is 0 Å². The predicted molar refractivity (Wildman–Crippen MR) is 79.8 cm³/mol. The second kappa shape index (κ2) is 8.37. The monoisotopic (exact) mass is 297 g/mol. The lowest BCUT2D eigenvalue weighted by molar-refractivity contribution is 0.199. The zero-order valence-electron chi connectivity index (χ0n) is 11.1. The number of nitrogens with zero attached hydrogens (tertiary/aromatic N) is 2. The first-order valence-electron chi connectivity index (χ1n) is 6.42. The third-order valence-corrected chi connectivity index (χ3v) is 4.58. The van der Waals surface area contributed by atoms with E-state index < -0.39 is 0 Å².